The van der Waals surface area contributed by atoms with E-state index >= 15 is 0 Å². The second kappa shape index (κ2) is 14.1. The minimum Gasteiger partial charge on any atom is -0.311 e. The van der Waals surface area contributed by atoms with E-state index in [0.717, 1.165) is 40.6 Å². The van der Waals surface area contributed by atoms with Gasteiger partial charge in [-0.1, -0.05) is 128 Å². The van der Waals surface area contributed by atoms with Gasteiger partial charge >= 0.3 is 0 Å². The molecule has 0 saturated heterocycles. The lowest BCUT2D eigenvalue weighted by Gasteiger charge is -2.27. The van der Waals surface area contributed by atoms with Crippen molar-refractivity contribution >= 4 is 49.9 Å². The molecule has 0 aliphatic heterocycles. The van der Waals surface area contributed by atoms with Crippen LogP contribution in [-0.2, 0) is 0 Å². The fourth-order valence-corrected chi connectivity index (χ4v) is 6.33. The van der Waals surface area contributed by atoms with Gasteiger partial charge in [-0.05, 0) is 113 Å². The van der Waals surface area contributed by atoms with Crippen LogP contribution >= 0.6 is 0 Å². The molecule has 0 bridgehead atoms. The molecule has 232 valence electrons. The molecule has 0 unspecified atom stereocenters. The first-order chi connectivity index (χ1) is 23.7. The fourth-order valence-electron chi connectivity index (χ4n) is 6.33. The Hall–Kier alpha value is -6.12. The second-order valence-corrected chi connectivity index (χ2v) is 11.8. The molecule has 0 radical (unpaired) electrons. The van der Waals surface area contributed by atoms with E-state index in [2.05, 4.69) is 192 Å². The molecule has 0 aromatic heterocycles. The van der Waals surface area contributed by atoms with Gasteiger partial charge < -0.3 is 9.80 Å². The third-order valence-electron chi connectivity index (χ3n) is 8.74. The lowest BCUT2D eigenvalue weighted by molar-refractivity contribution is 1.13. The number of hydrogen-bond acceptors (Lipinski definition) is 2. The number of hydrogen-bond donors (Lipinski definition) is 0. The summed E-state index contributed by atoms with van der Waals surface area (Å²) in [5.74, 6) is 0. The van der Waals surface area contributed by atoms with Gasteiger partial charge in [0.1, 0.15) is 0 Å². The highest BCUT2D eigenvalue weighted by atomic mass is 15.2. The molecule has 2 heteroatoms. The van der Waals surface area contributed by atoms with Crippen LogP contribution in [0.25, 0.3) is 27.1 Å². The normalized spacial score (nSPS) is 13.3. The van der Waals surface area contributed by atoms with Crippen LogP contribution in [0.5, 0.6) is 0 Å². The van der Waals surface area contributed by atoms with E-state index in [0.29, 0.717) is 0 Å². The summed E-state index contributed by atoms with van der Waals surface area (Å²) in [5.41, 5.74) is 8.97. The number of anilines is 4. The summed E-state index contributed by atoms with van der Waals surface area (Å²) in [4.78, 5) is 4.61. The van der Waals surface area contributed by atoms with Crippen LogP contribution in [0.2, 0.25) is 0 Å². The van der Waals surface area contributed by atoms with Gasteiger partial charge in [0.15, 0.2) is 0 Å². The summed E-state index contributed by atoms with van der Waals surface area (Å²) < 4.78 is 0. The molecule has 7 rings (SSSR count). The quantitative estimate of drug-likeness (QED) is 0.149. The Kier molecular flexibility index (Phi) is 8.97. The van der Waals surface area contributed by atoms with Gasteiger partial charge in [-0.25, -0.2) is 0 Å². The third-order valence-corrected chi connectivity index (χ3v) is 8.74. The predicted molar refractivity (Wildman–Crippen MR) is 208 cm³/mol. The van der Waals surface area contributed by atoms with Crippen LogP contribution in [0.3, 0.4) is 0 Å². The van der Waals surface area contributed by atoms with Gasteiger partial charge in [0.2, 0.25) is 0 Å². The van der Waals surface area contributed by atoms with Crippen molar-refractivity contribution in [2.45, 2.75) is 13.3 Å². The maximum absolute atomic E-state index is 4.17. The van der Waals surface area contributed by atoms with E-state index < -0.39 is 0 Å². The Morgan fingerprint density at radius 3 is 1.83 bits per heavy atom. The van der Waals surface area contributed by atoms with E-state index in [-0.39, 0.29) is 0 Å². The summed E-state index contributed by atoms with van der Waals surface area (Å²) in [6.45, 7) is 6.20. The molecule has 48 heavy (non-hydrogen) atoms. The summed E-state index contributed by atoms with van der Waals surface area (Å²) in [6.07, 6.45) is 18.0. The number of rotatable bonds is 9. The number of nitrogens with zero attached hydrogens (tertiary/aromatic N) is 2. The number of allylic oxidation sites excluding steroid dienone is 9. The Labute approximate surface area is 283 Å². The summed E-state index contributed by atoms with van der Waals surface area (Å²) >= 11 is 0. The summed E-state index contributed by atoms with van der Waals surface area (Å²) in [7, 11) is 0. The molecule has 0 amide bonds. The molecule has 1 aliphatic rings. The number of benzene rings is 6. The SMILES string of the molecule is C=C/C(=C\C=C/C)N(C1=CCC=C(c2ccc(N(c3ccccc3)c3ccc4ccccc4c3)cc2)C=C1)c1ccc2ccccc2c1. The van der Waals surface area contributed by atoms with Gasteiger partial charge in [-0.15, -0.1) is 0 Å². The average molecular weight is 619 g/mol. The first kappa shape index (κ1) is 30.5. The first-order valence-electron chi connectivity index (χ1n) is 16.5. The molecular weight excluding hydrogens is 581 g/mol. The molecule has 6 aromatic carbocycles. The summed E-state index contributed by atoms with van der Waals surface area (Å²) in [6, 6.07) is 49.8. The molecule has 0 spiro atoms. The van der Waals surface area contributed by atoms with Crippen molar-refractivity contribution in [2.24, 2.45) is 0 Å². The topological polar surface area (TPSA) is 6.48 Å². The largest absolute Gasteiger partial charge is 0.311 e. The monoisotopic (exact) mass is 618 g/mol. The average Bonchev–Trinajstić information content (AvgIpc) is 3.40. The van der Waals surface area contributed by atoms with E-state index in [1.165, 1.54) is 32.7 Å². The van der Waals surface area contributed by atoms with Crippen LogP contribution in [0.4, 0.5) is 22.7 Å². The van der Waals surface area contributed by atoms with Crippen LogP contribution in [0, 0.1) is 0 Å². The molecule has 2 nitrogen and oxygen atoms in total. The maximum Gasteiger partial charge on any atom is 0.0468 e. The minimum absolute atomic E-state index is 0.810. The van der Waals surface area contributed by atoms with Gasteiger partial charge in [-0.2, -0.15) is 0 Å². The third kappa shape index (κ3) is 6.42. The van der Waals surface area contributed by atoms with Crippen molar-refractivity contribution in [1.82, 2.24) is 0 Å². The Morgan fingerprint density at radius 2 is 1.17 bits per heavy atom. The molecule has 0 atom stereocenters. The van der Waals surface area contributed by atoms with Crippen molar-refractivity contribution in [3.63, 3.8) is 0 Å². The highest BCUT2D eigenvalue weighted by molar-refractivity contribution is 5.90. The van der Waals surface area contributed by atoms with E-state index in [1.807, 2.05) is 19.1 Å². The highest BCUT2D eigenvalue weighted by Gasteiger charge is 2.17. The zero-order chi connectivity index (χ0) is 32.7. The number of para-hydroxylation sites is 1. The standard InChI is InChI=1S/C46H38N2/c1-3-5-19-41(4-2)47(45-31-26-36-14-9-11-16-39(36)33-45)43-22-13-18-35(23-28-43)38-24-29-44(30-25-38)48(42-20-7-6-8-21-42)46-32-27-37-15-10-12-17-40(37)34-46/h3-12,14-34H,2,13H2,1H3/b5-3-,41-19+. The van der Waals surface area contributed by atoms with Crippen LogP contribution < -0.4 is 9.80 Å². The van der Waals surface area contributed by atoms with Crippen LogP contribution in [-0.4, -0.2) is 0 Å². The van der Waals surface area contributed by atoms with Gasteiger partial charge in [0.05, 0.1) is 0 Å². The van der Waals surface area contributed by atoms with Gasteiger partial charge in [0.25, 0.3) is 0 Å². The van der Waals surface area contributed by atoms with Crippen LogP contribution in [0.1, 0.15) is 18.9 Å². The zero-order valence-corrected chi connectivity index (χ0v) is 27.2. The molecule has 0 saturated carbocycles. The van der Waals surface area contributed by atoms with E-state index in [4.69, 9.17) is 0 Å². The lowest BCUT2D eigenvalue weighted by Crippen LogP contribution is -2.19. The van der Waals surface area contributed by atoms with Crippen molar-refractivity contribution in [3.05, 3.63) is 212 Å². The minimum atomic E-state index is 0.810. The molecule has 1 aliphatic carbocycles. The molecular formula is C46H38N2. The lowest BCUT2D eigenvalue weighted by atomic mass is 10.0. The number of fused-ring (bicyclic) bond motifs is 2. The Balaban J connectivity index is 1.20. The maximum atomic E-state index is 4.17. The molecule has 0 fully saturated rings. The van der Waals surface area contributed by atoms with Gasteiger partial charge in [-0.3, -0.25) is 0 Å². The van der Waals surface area contributed by atoms with E-state index in [9.17, 15) is 0 Å². The van der Waals surface area contributed by atoms with Crippen molar-refractivity contribution in [3.8, 4) is 0 Å². The molecule has 0 N–H and O–H groups in total. The van der Waals surface area contributed by atoms with Crippen molar-refractivity contribution in [2.75, 3.05) is 9.80 Å². The van der Waals surface area contributed by atoms with Crippen molar-refractivity contribution in [1.29, 1.82) is 0 Å². The predicted octanol–water partition coefficient (Wildman–Crippen LogP) is 12.8. The molecule has 6 aromatic rings. The van der Waals surface area contributed by atoms with Crippen LogP contribution in [0.15, 0.2) is 206 Å². The summed E-state index contributed by atoms with van der Waals surface area (Å²) in [5, 5.41) is 4.90. The Morgan fingerprint density at radius 1 is 0.583 bits per heavy atom. The first-order valence-corrected chi connectivity index (χ1v) is 16.5. The fraction of sp³-hybridized carbons (Fsp3) is 0.0435. The molecule has 0 heterocycles. The van der Waals surface area contributed by atoms with Gasteiger partial charge in [0, 0.05) is 34.1 Å². The highest BCUT2D eigenvalue weighted by Crippen LogP contribution is 2.37. The Bertz CT molecular complexity index is 2230. The smallest absolute Gasteiger partial charge is 0.0468 e. The van der Waals surface area contributed by atoms with Crippen molar-refractivity contribution < 1.29 is 0 Å². The zero-order valence-electron chi connectivity index (χ0n) is 27.2. The van der Waals surface area contributed by atoms with E-state index in [1.54, 1.807) is 0 Å². The second-order valence-electron chi connectivity index (χ2n) is 11.8.